The van der Waals surface area contributed by atoms with Gasteiger partial charge in [-0.25, -0.2) is 14.4 Å². The van der Waals surface area contributed by atoms with Gasteiger partial charge in [-0.3, -0.25) is 9.48 Å². The number of rotatable bonds is 14. The van der Waals surface area contributed by atoms with Gasteiger partial charge in [-0.2, -0.15) is 29.5 Å². The molecule has 0 spiro atoms. The monoisotopic (exact) mass is 899 g/mol. The van der Waals surface area contributed by atoms with Gasteiger partial charge in [-0.15, -0.1) is 5.10 Å². The largest absolute Gasteiger partial charge is 0.478 e. The number of likely N-dealkylation sites (N-methyl/N-ethyl adjacent to an activating group) is 1. The fraction of sp³-hybridized carbons (Fsp3) is 0.410. The lowest BCUT2D eigenvalue weighted by Crippen LogP contribution is -2.44. The molecule has 2 atom stereocenters. The Labute approximate surface area is 358 Å². The molecule has 22 heteroatoms. The second-order valence-electron chi connectivity index (χ2n) is 16.1. The normalized spacial score (nSPS) is 15.6. The summed E-state index contributed by atoms with van der Waals surface area (Å²) in [5, 5.41) is 25.6. The maximum atomic E-state index is 15.9. The second-order valence-corrected chi connectivity index (χ2v) is 16.9. The van der Waals surface area contributed by atoms with E-state index in [1.165, 1.54) is 7.11 Å². The first kappa shape index (κ1) is 41.3. The van der Waals surface area contributed by atoms with E-state index in [-0.39, 0.29) is 44.2 Å². The number of hydrogen-bond acceptors (Lipinski definition) is 15. The fourth-order valence-electron chi connectivity index (χ4n) is 7.32. The number of aliphatic hydroxyl groups is 1. The number of benzene rings is 1. The van der Waals surface area contributed by atoms with Crippen molar-refractivity contribution in [3.05, 3.63) is 64.4 Å². The molecule has 320 valence electrons. The topological polar surface area (TPSA) is 213 Å². The summed E-state index contributed by atoms with van der Waals surface area (Å²) in [4.78, 5) is 51.1. The molecule has 1 aliphatic heterocycles. The summed E-state index contributed by atoms with van der Waals surface area (Å²) in [6.07, 6.45) is 3.53. The summed E-state index contributed by atoms with van der Waals surface area (Å²) < 4.78 is 26.9. The van der Waals surface area contributed by atoms with Crippen LogP contribution in [-0.4, -0.2) is 128 Å². The number of aromatic amines is 1. The molecule has 6 aromatic heterocycles. The van der Waals surface area contributed by atoms with Crippen LogP contribution in [0.5, 0.6) is 5.88 Å². The number of halogens is 2. The molecule has 1 amide bonds. The smallest absolute Gasteiger partial charge is 0.256 e. The number of nitrogens with zero attached hydrogens (tertiary/aromatic N) is 14. The zero-order valence-corrected chi connectivity index (χ0v) is 36.7. The summed E-state index contributed by atoms with van der Waals surface area (Å²) in [6, 6.07) is 3.16. The average molecular weight is 901 g/mol. The highest BCUT2D eigenvalue weighted by Crippen LogP contribution is 2.31. The molecule has 0 unspecified atom stereocenters. The van der Waals surface area contributed by atoms with Crippen LogP contribution in [0.1, 0.15) is 30.8 Å². The van der Waals surface area contributed by atoms with E-state index in [1.807, 2.05) is 37.9 Å². The van der Waals surface area contributed by atoms with Gasteiger partial charge in [-0.1, -0.05) is 6.58 Å². The van der Waals surface area contributed by atoms with Gasteiger partial charge in [-0.05, 0) is 66.9 Å². The lowest BCUT2D eigenvalue weighted by Gasteiger charge is -2.28. The quantitative estimate of drug-likeness (QED) is 0.115. The molecule has 1 aromatic carbocycles. The molecule has 8 rings (SSSR count). The predicted octanol–water partition coefficient (Wildman–Crippen LogP) is 3.66. The molecule has 1 fully saturated rings. The molecule has 7 heterocycles. The van der Waals surface area contributed by atoms with E-state index >= 15 is 4.39 Å². The van der Waals surface area contributed by atoms with Crippen molar-refractivity contribution in [3.63, 3.8) is 0 Å². The minimum atomic E-state index is -1.45. The van der Waals surface area contributed by atoms with Crippen molar-refractivity contribution in [2.75, 3.05) is 60.4 Å². The first-order valence-electron chi connectivity index (χ1n) is 19.4. The van der Waals surface area contributed by atoms with Crippen LogP contribution in [0.15, 0.2) is 47.5 Å². The van der Waals surface area contributed by atoms with E-state index in [1.54, 1.807) is 70.2 Å². The molecular formula is C39H47BrFN17O3. The molecular weight excluding hydrogens is 853 g/mol. The molecule has 20 nitrogen and oxygen atoms in total. The van der Waals surface area contributed by atoms with Crippen molar-refractivity contribution in [3.8, 4) is 5.88 Å². The number of anilines is 5. The van der Waals surface area contributed by atoms with Gasteiger partial charge in [0.05, 0.1) is 72.6 Å². The van der Waals surface area contributed by atoms with Gasteiger partial charge in [0.2, 0.25) is 23.8 Å². The summed E-state index contributed by atoms with van der Waals surface area (Å²) in [5.74, 6) is 1.71. The standard InChI is InChI=1S/C39H47BrFN17O3/c1-20-10-25-26(11-21(20)2)45-29(44-25)17-57(38-51-36(53(6)18-39(4,5)60)49-32-23(40)12-43-58(32)38)13-22(3)34(59)47-27-16-56(14-24(27)41)37-48-31(30-33(50-37)54(7)19-42-30)46-28-15-55(8)52-35(28)61-9/h10-12,15,19,24,27,60H,3,13-14,16-18H2,1-2,4-9H3,(H,44,45)(H,47,59)(H,46,48,50)/t24-,27-/m1/s1. The Morgan fingerprint density at radius 3 is 2.66 bits per heavy atom. The maximum Gasteiger partial charge on any atom is 0.256 e. The first-order chi connectivity index (χ1) is 28.9. The van der Waals surface area contributed by atoms with Crippen LogP contribution in [0, 0.1) is 13.8 Å². The Hall–Kier alpha value is -6.42. The highest BCUT2D eigenvalue weighted by atomic mass is 79.9. The van der Waals surface area contributed by atoms with Gasteiger partial charge < -0.3 is 44.7 Å². The number of fused-ring (bicyclic) bond motifs is 3. The summed E-state index contributed by atoms with van der Waals surface area (Å²) in [6.45, 7) is 12.0. The number of imidazole rings is 2. The number of nitrogens with one attached hydrogen (secondary N) is 3. The van der Waals surface area contributed by atoms with Crippen molar-refractivity contribution in [2.45, 2.75) is 52.1 Å². The maximum absolute atomic E-state index is 15.9. The number of amides is 1. The van der Waals surface area contributed by atoms with Crippen LogP contribution in [0.2, 0.25) is 0 Å². The van der Waals surface area contributed by atoms with Crippen molar-refractivity contribution in [2.24, 2.45) is 14.1 Å². The van der Waals surface area contributed by atoms with E-state index in [4.69, 9.17) is 29.7 Å². The van der Waals surface area contributed by atoms with Gasteiger partial charge in [0.15, 0.2) is 22.6 Å². The molecule has 0 saturated carbocycles. The van der Waals surface area contributed by atoms with Gasteiger partial charge in [0, 0.05) is 39.8 Å². The van der Waals surface area contributed by atoms with Crippen LogP contribution < -0.4 is 30.1 Å². The highest BCUT2D eigenvalue weighted by Gasteiger charge is 2.37. The lowest BCUT2D eigenvalue weighted by molar-refractivity contribution is -0.118. The van der Waals surface area contributed by atoms with Crippen molar-refractivity contribution in [1.29, 1.82) is 0 Å². The van der Waals surface area contributed by atoms with Crippen LogP contribution in [-0.2, 0) is 25.4 Å². The number of ether oxygens (including phenoxy) is 1. The Balaban J connectivity index is 1.06. The molecule has 7 aromatic rings. The van der Waals surface area contributed by atoms with Crippen molar-refractivity contribution in [1.82, 2.24) is 64.2 Å². The molecule has 0 bridgehead atoms. The van der Waals surface area contributed by atoms with Crippen LogP contribution in [0.25, 0.3) is 27.8 Å². The van der Waals surface area contributed by atoms with Crippen LogP contribution in [0.3, 0.4) is 0 Å². The van der Waals surface area contributed by atoms with E-state index < -0.39 is 23.7 Å². The summed E-state index contributed by atoms with van der Waals surface area (Å²) in [7, 11) is 6.88. The Kier molecular flexibility index (Phi) is 10.8. The highest BCUT2D eigenvalue weighted by molar-refractivity contribution is 9.10. The SMILES string of the molecule is C=C(CN(Cc1nc2cc(C)c(C)cc2[nH]1)c1nc(N(C)CC(C)(C)O)nc2c(Br)cnn12)C(=O)N[C@@H]1CN(c2nc(Nc3cn(C)nc3OC)c3ncn(C)c3n2)C[C@H]1F. The van der Waals surface area contributed by atoms with Crippen molar-refractivity contribution < 1.29 is 19.0 Å². The third kappa shape index (κ3) is 8.36. The molecule has 4 N–H and O–H groups in total. The minimum absolute atomic E-state index is 0.0420. The molecule has 61 heavy (non-hydrogen) atoms. The van der Waals surface area contributed by atoms with E-state index in [2.05, 4.69) is 53.3 Å². The Morgan fingerprint density at radius 2 is 1.90 bits per heavy atom. The third-order valence-corrected chi connectivity index (χ3v) is 10.9. The number of alkyl halides is 1. The van der Waals surface area contributed by atoms with Gasteiger partial charge >= 0.3 is 0 Å². The van der Waals surface area contributed by atoms with Gasteiger partial charge in [0.1, 0.15) is 17.7 Å². The van der Waals surface area contributed by atoms with E-state index in [0.717, 1.165) is 22.2 Å². The number of H-pyrrole nitrogens is 1. The fourth-order valence-corrected chi connectivity index (χ4v) is 7.67. The first-order valence-corrected chi connectivity index (χ1v) is 20.2. The van der Waals surface area contributed by atoms with Crippen LogP contribution in [0.4, 0.5) is 33.7 Å². The Morgan fingerprint density at radius 1 is 1.13 bits per heavy atom. The number of aromatic nitrogens is 12. The lowest BCUT2D eigenvalue weighted by atomic mass is 10.1. The minimum Gasteiger partial charge on any atom is -0.478 e. The number of methoxy groups -OCH3 is 1. The molecule has 1 aliphatic rings. The molecule has 0 aliphatic carbocycles. The van der Waals surface area contributed by atoms with E-state index in [0.29, 0.717) is 56.4 Å². The number of carbonyl (C=O) groups excluding carboxylic acids is 1. The summed E-state index contributed by atoms with van der Waals surface area (Å²) in [5.41, 5.74) is 5.03. The molecule has 0 radical (unpaired) electrons. The predicted molar refractivity (Wildman–Crippen MR) is 232 cm³/mol. The zero-order chi connectivity index (χ0) is 43.5. The number of aryl methyl sites for hydroxylation is 4. The molecule has 1 saturated heterocycles. The zero-order valence-electron chi connectivity index (χ0n) is 35.1. The second kappa shape index (κ2) is 15.9. The van der Waals surface area contributed by atoms with E-state index in [9.17, 15) is 9.90 Å². The number of hydrogen-bond donors (Lipinski definition) is 4. The van der Waals surface area contributed by atoms with Crippen molar-refractivity contribution >= 4 is 79.0 Å². The number of carbonyl (C=O) groups is 1. The van der Waals surface area contributed by atoms with Gasteiger partial charge in [0.25, 0.3) is 5.88 Å². The summed E-state index contributed by atoms with van der Waals surface area (Å²) >= 11 is 3.56. The average Bonchev–Trinajstić information content (AvgIpc) is 4.03. The van der Waals surface area contributed by atoms with Crippen LogP contribution >= 0.6 is 15.9 Å². The third-order valence-electron chi connectivity index (χ3n) is 10.4. The Bertz CT molecular complexity index is 2770.